The molecule has 0 rings (SSSR count). The second-order valence-electron chi connectivity index (χ2n) is 7.25. The fourth-order valence-corrected chi connectivity index (χ4v) is 2.72. The molecule has 0 amide bonds. The van der Waals surface area contributed by atoms with Gasteiger partial charge in [-0.3, -0.25) is 0 Å². The Morgan fingerprint density at radius 3 is 1.17 bits per heavy atom. The van der Waals surface area contributed by atoms with Crippen molar-refractivity contribution in [2.24, 2.45) is 0 Å². The lowest BCUT2D eigenvalue weighted by Crippen LogP contribution is -3.00. The average molecular weight is 345 g/mol. The minimum absolute atomic E-state index is 0.167. The van der Waals surface area contributed by atoms with Gasteiger partial charge in [0.05, 0.1) is 14.1 Å². The summed E-state index contributed by atoms with van der Waals surface area (Å²) < 4.78 is 0. The van der Waals surface area contributed by atoms with Crippen molar-refractivity contribution in [3.63, 3.8) is 0 Å². The third-order valence-electron chi connectivity index (χ3n) is 4.16. The first kappa shape index (κ1) is 26.1. The molecule has 0 unspecified atom stereocenters. The Balaban J connectivity index is 0. The van der Waals surface area contributed by atoms with Crippen molar-refractivity contribution < 1.29 is 5.06 Å². The molecule has 0 saturated heterocycles. The summed E-state index contributed by atoms with van der Waals surface area (Å²) >= 11 is 0. The third kappa shape index (κ3) is 33.5. The zero-order valence-electron chi connectivity index (χ0n) is 17.4. The van der Waals surface area contributed by atoms with Crippen LogP contribution in [0.3, 0.4) is 0 Å². The Morgan fingerprint density at radius 2 is 0.792 bits per heavy atom. The molecule has 2 N–H and O–H groups in total. The first-order valence-corrected chi connectivity index (χ1v) is 10.8. The number of nitrogens with one attached hydrogen (secondary N) is 2. The lowest BCUT2D eigenvalue weighted by atomic mass is 10.1. The number of quaternary nitrogens is 1. The zero-order chi connectivity index (χ0) is 18.3. The quantitative estimate of drug-likeness (QED) is 0.285. The number of unbranched alkanes of at least 4 members (excludes halogenated alkanes) is 13. The minimum atomic E-state index is 0.167. The van der Waals surface area contributed by atoms with Gasteiger partial charge in [-0.05, 0) is 25.9 Å². The third-order valence-corrected chi connectivity index (χ3v) is 4.16. The Hall–Kier alpha value is -0.120. The maximum Gasteiger partial charge on any atom is 0.0660 e. The van der Waals surface area contributed by atoms with Gasteiger partial charge in [0, 0.05) is 0 Å². The van der Waals surface area contributed by atoms with Crippen molar-refractivity contribution in [2.75, 3.05) is 27.2 Å². The van der Waals surface area contributed by atoms with Crippen LogP contribution in [0.1, 0.15) is 110 Å². The normalized spacial score (nSPS) is 10.8. The number of rotatable bonds is 17. The van der Waals surface area contributed by atoms with Crippen molar-refractivity contribution in [3.8, 4) is 0 Å². The zero-order valence-corrected chi connectivity index (χ0v) is 17.4. The molecule has 0 aromatic rings. The van der Waals surface area contributed by atoms with E-state index in [2.05, 4.69) is 19.2 Å². The van der Waals surface area contributed by atoms with E-state index >= 15 is 0 Å². The van der Waals surface area contributed by atoms with Crippen LogP contribution in [0.5, 0.6) is 0 Å². The largest absolute Gasteiger partial charge is 0.635 e. The first-order valence-electron chi connectivity index (χ1n) is 10.8. The summed E-state index contributed by atoms with van der Waals surface area (Å²) in [5, 5.41) is 13.2. The molecule has 0 radical (unpaired) electrons. The maximum absolute atomic E-state index is 9.44. The van der Waals surface area contributed by atoms with Crippen molar-refractivity contribution in [2.45, 2.75) is 110 Å². The molecule has 3 nitrogen and oxygen atoms in total. The van der Waals surface area contributed by atoms with Crippen molar-refractivity contribution >= 4 is 0 Å². The molecule has 0 aromatic carbocycles. The molecule has 0 aliphatic rings. The first-order chi connectivity index (χ1) is 11.6. The summed E-state index contributed by atoms with van der Waals surface area (Å²) in [6, 6.07) is 0. The molecule has 0 bridgehead atoms. The fourth-order valence-electron chi connectivity index (χ4n) is 2.72. The van der Waals surface area contributed by atoms with Crippen molar-refractivity contribution in [1.82, 2.24) is 5.32 Å². The molecule has 24 heavy (non-hydrogen) atoms. The van der Waals surface area contributed by atoms with Gasteiger partial charge in [0.1, 0.15) is 0 Å². The van der Waals surface area contributed by atoms with Gasteiger partial charge in [0.2, 0.25) is 0 Å². The lowest BCUT2D eigenvalue weighted by molar-refractivity contribution is -0.802. The van der Waals surface area contributed by atoms with Crippen LogP contribution >= 0.6 is 0 Å². The van der Waals surface area contributed by atoms with Gasteiger partial charge in [-0.1, -0.05) is 97.3 Å². The SMILES string of the molecule is CCCCCCCCCCCCCCNCCCCC.C[NH+](C)[O-]. The molecule has 0 aliphatic carbocycles. The molecule has 0 aromatic heterocycles. The van der Waals surface area contributed by atoms with Crippen molar-refractivity contribution in [3.05, 3.63) is 5.21 Å². The standard InChI is InChI=1S/C19H41N.C2H7NO/c1-3-5-7-8-9-10-11-12-13-14-15-17-19-20-18-16-6-4-2;1-3(2)4/h20H,3-19H2,1-2H3;3H,1-2H3. The number of hydroxylamine groups is 2. The Morgan fingerprint density at radius 1 is 0.542 bits per heavy atom. The summed E-state index contributed by atoms with van der Waals surface area (Å²) in [4.78, 5) is 0. The van der Waals surface area contributed by atoms with Crippen LogP contribution in [0, 0.1) is 5.21 Å². The van der Waals surface area contributed by atoms with E-state index in [4.69, 9.17) is 0 Å². The van der Waals surface area contributed by atoms with E-state index in [0.717, 1.165) is 0 Å². The molecule has 0 spiro atoms. The van der Waals surface area contributed by atoms with E-state index in [1.807, 2.05) is 0 Å². The van der Waals surface area contributed by atoms with E-state index in [0.29, 0.717) is 0 Å². The van der Waals surface area contributed by atoms with Crippen molar-refractivity contribution in [1.29, 1.82) is 0 Å². The van der Waals surface area contributed by atoms with E-state index in [9.17, 15) is 5.21 Å². The summed E-state index contributed by atoms with van der Waals surface area (Å²) in [7, 11) is 3.06. The van der Waals surface area contributed by atoms with Gasteiger partial charge < -0.3 is 15.6 Å². The Labute approximate surface area is 153 Å². The molecule has 0 heterocycles. The second-order valence-corrected chi connectivity index (χ2v) is 7.25. The van der Waals surface area contributed by atoms with Crippen LogP contribution in [0.2, 0.25) is 0 Å². The topological polar surface area (TPSA) is 39.5 Å². The number of hydrogen-bond donors (Lipinski definition) is 2. The second kappa shape index (κ2) is 25.1. The van der Waals surface area contributed by atoms with Gasteiger partial charge in [-0.15, -0.1) is 0 Å². The van der Waals surface area contributed by atoms with Crippen LogP contribution in [0.15, 0.2) is 0 Å². The van der Waals surface area contributed by atoms with Gasteiger partial charge >= 0.3 is 0 Å². The van der Waals surface area contributed by atoms with Crippen LogP contribution in [0.25, 0.3) is 0 Å². The van der Waals surface area contributed by atoms with E-state index in [1.54, 1.807) is 0 Å². The molecule has 0 atom stereocenters. The average Bonchev–Trinajstić information content (AvgIpc) is 2.54. The molecule has 3 heteroatoms. The summed E-state index contributed by atoms with van der Waals surface area (Å²) in [6.07, 6.45) is 21.4. The highest BCUT2D eigenvalue weighted by Crippen LogP contribution is 2.11. The van der Waals surface area contributed by atoms with Gasteiger partial charge in [0.25, 0.3) is 0 Å². The van der Waals surface area contributed by atoms with Crippen LogP contribution in [0.4, 0.5) is 0 Å². The summed E-state index contributed by atoms with van der Waals surface area (Å²) in [5.74, 6) is 0. The van der Waals surface area contributed by atoms with E-state index < -0.39 is 0 Å². The molecular formula is C21H48N2O. The number of hydrogen-bond acceptors (Lipinski definition) is 2. The predicted molar refractivity (Wildman–Crippen MR) is 110 cm³/mol. The highest BCUT2D eigenvalue weighted by atomic mass is 16.5. The smallest absolute Gasteiger partial charge is 0.0660 e. The monoisotopic (exact) mass is 344 g/mol. The molecule has 148 valence electrons. The van der Waals surface area contributed by atoms with Crippen LogP contribution < -0.4 is 10.4 Å². The van der Waals surface area contributed by atoms with Gasteiger partial charge in [-0.25, -0.2) is 0 Å². The minimum Gasteiger partial charge on any atom is -0.635 e. The summed E-state index contributed by atoms with van der Waals surface area (Å²) in [5.41, 5.74) is 0. The predicted octanol–water partition coefficient (Wildman–Crippen LogP) is 5.10. The van der Waals surface area contributed by atoms with Crippen LogP contribution in [-0.2, 0) is 0 Å². The van der Waals surface area contributed by atoms with Crippen LogP contribution in [-0.4, -0.2) is 27.2 Å². The molecule has 0 fully saturated rings. The Bertz CT molecular complexity index is 178. The van der Waals surface area contributed by atoms with Gasteiger partial charge in [0.15, 0.2) is 0 Å². The van der Waals surface area contributed by atoms with Gasteiger partial charge in [-0.2, -0.15) is 0 Å². The van der Waals surface area contributed by atoms with E-state index in [-0.39, 0.29) is 5.06 Å². The highest BCUT2D eigenvalue weighted by Gasteiger charge is 1.93. The Kier molecular flexibility index (Phi) is 27.3. The van der Waals surface area contributed by atoms with E-state index in [1.165, 1.54) is 123 Å². The molecule has 0 saturated carbocycles. The maximum atomic E-state index is 9.44. The molecule has 0 aliphatic heterocycles. The summed E-state index contributed by atoms with van der Waals surface area (Å²) in [6.45, 7) is 7.03. The lowest BCUT2D eigenvalue weighted by Gasteiger charge is -2.04. The highest BCUT2D eigenvalue weighted by molar-refractivity contribution is 4.51. The fraction of sp³-hybridized carbons (Fsp3) is 1.00. The molecular weight excluding hydrogens is 296 g/mol.